The molecule has 3 N–H and O–H groups in total. The van der Waals surface area contributed by atoms with Crippen molar-refractivity contribution in [2.75, 3.05) is 5.32 Å². The Labute approximate surface area is 105 Å². The molecule has 0 spiro atoms. The molecule has 1 aliphatic rings. The molecule has 1 saturated carbocycles. The molecule has 2 atom stereocenters. The summed E-state index contributed by atoms with van der Waals surface area (Å²) in [6, 6.07) is 6.45. The van der Waals surface area contributed by atoms with Crippen molar-refractivity contribution >= 4 is 23.3 Å². The zero-order valence-electron chi connectivity index (χ0n) is 9.32. The summed E-state index contributed by atoms with van der Waals surface area (Å²) < 4.78 is 0. The molecule has 0 aliphatic heterocycles. The molecule has 17 heavy (non-hydrogen) atoms. The number of amides is 2. The minimum atomic E-state index is -0.425. The molecule has 0 heterocycles. The summed E-state index contributed by atoms with van der Waals surface area (Å²) in [5.41, 5.74) is 0.680. The van der Waals surface area contributed by atoms with Gasteiger partial charge in [-0.1, -0.05) is 11.6 Å². The van der Waals surface area contributed by atoms with Crippen molar-refractivity contribution in [1.29, 1.82) is 0 Å². The zero-order valence-corrected chi connectivity index (χ0v) is 10.1. The largest absolute Gasteiger partial charge is 0.391 e. The van der Waals surface area contributed by atoms with Gasteiger partial charge in [0, 0.05) is 10.7 Å². The van der Waals surface area contributed by atoms with Crippen LogP contribution < -0.4 is 10.6 Å². The molecule has 2 rings (SSSR count). The first-order chi connectivity index (χ1) is 8.15. The van der Waals surface area contributed by atoms with Gasteiger partial charge in [0.1, 0.15) is 0 Å². The standard InChI is InChI=1S/C12H15ClN2O2/c13-8-4-6-9(7-5-8)14-12(17)15-10-2-1-3-11(10)16/h4-7,10-11,16H,1-3H2,(H2,14,15,17)/t10-,11-/m0/s1. The number of carbonyl (C=O) groups excluding carboxylic acids is 1. The van der Waals surface area contributed by atoms with Crippen LogP contribution in [0.3, 0.4) is 0 Å². The Morgan fingerprint density at radius 3 is 2.59 bits per heavy atom. The Balaban J connectivity index is 1.86. The Bertz CT molecular complexity index is 394. The van der Waals surface area contributed by atoms with Crippen LogP contribution in [0.15, 0.2) is 24.3 Å². The number of benzene rings is 1. The molecule has 1 aromatic carbocycles. The van der Waals surface area contributed by atoms with Gasteiger partial charge in [0.25, 0.3) is 0 Å². The van der Waals surface area contributed by atoms with Crippen molar-refractivity contribution in [3.05, 3.63) is 29.3 Å². The Kier molecular flexibility index (Phi) is 3.86. The van der Waals surface area contributed by atoms with Crippen LogP contribution in [0.4, 0.5) is 10.5 Å². The van der Waals surface area contributed by atoms with E-state index < -0.39 is 6.10 Å². The summed E-state index contributed by atoms with van der Waals surface area (Å²) in [6.07, 6.45) is 2.11. The van der Waals surface area contributed by atoms with Gasteiger partial charge >= 0.3 is 6.03 Å². The number of nitrogens with one attached hydrogen (secondary N) is 2. The number of halogens is 1. The third kappa shape index (κ3) is 3.35. The van der Waals surface area contributed by atoms with E-state index in [0.717, 1.165) is 19.3 Å². The van der Waals surface area contributed by atoms with Crippen molar-refractivity contribution in [2.24, 2.45) is 0 Å². The molecule has 1 fully saturated rings. The summed E-state index contributed by atoms with van der Waals surface area (Å²) in [5, 5.41) is 15.7. The molecule has 5 heteroatoms. The maximum Gasteiger partial charge on any atom is 0.319 e. The minimum Gasteiger partial charge on any atom is -0.391 e. The van der Waals surface area contributed by atoms with Crippen LogP contribution in [0.2, 0.25) is 5.02 Å². The highest BCUT2D eigenvalue weighted by Gasteiger charge is 2.26. The van der Waals surface area contributed by atoms with E-state index in [0.29, 0.717) is 10.7 Å². The van der Waals surface area contributed by atoms with E-state index in [1.54, 1.807) is 24.3 Å². The van der Waals surface area contributed by atoms with E-state index in [2.05, 4.69) is 10.6 Å². The second kappa shape index (κ2) is 5.38. The van der Waals surface area contributed by atoms with Crippen molar-refractivity contribution in [3.63, 3.8) is 0 Å². The number of hydrogen-bond acceptors (Lipinski definition) is 2. The molecule has 4 nitrogen and oxygen atoms in total. The van der Waals surface area contributed by atoms with E-state index in [9.17, 15) is 9.90 Å². The normalized spacial score (nSPS) is 23.4. The number of hydrogen-bond donors (Lipinski definition) is 3. The molecule has 2 amide bonds. The maximum atomic E-state index is 11.6. The van der Waals surface area contributed by atoms with Crippen molar-refractivity contribution < 1.29 is 9.90 Å². The van der Waals surface area contributed by atoms with Crippen LogP contribution in [0, 0.1) is 0 Å². The summed E-state index contributed by atoms with van der Waals surface area (Å²) in [5.74, 6) is 0. The van der Waals surface area contributed by atoms with Crippen molar-refractivity contribution in [1.82, 2.24) is 5.32 Å². The fourth-order valence-electron chi connectivity index (χ4n) is 1.98. The van der Waals surface area contributed by atoms with E-state index in [1.165, 1.54) is 0 Å². The summed E-state index contributed by atoms with van der Waals surface area (Å²) in [4.78, 5) is 11.6. The second-order valence-electron chi connectivity index (χ2n) is 4.21. The highest BCUT2D eigenvalue weighted by atomic mass is 35.5. The monoisotopic (exact) mass is 254 g/mol. The summed E-state index contributed by atoms with van der Waals surface area (Å²) in [6.45, 7) is 0. The molecule has 0 aromatic heterocycles. The van der Waals surface area contributed by atoms with Gasteiger partial charge in [0.2, 0.25) is 0 Å². The molecule has 0 unspecified atom stereocenters. The number of aliphatic hydroxyl groups is 1. The van der Waals surface area contributed by atoms with Crippen LogP contribution in [0.5, 0.6) is 0 Å². The predicted molar refractivity (Wildman–Crippen MR) is 67.3 cm³/mol. The molecular formula is C12H15ClN2O2. The van der Waals surface area contributed by atoms with Gasteiger partial charge in [-0.05, 0) is 43.5 Å². The fourth-order valence-corrected chi connectivity index (χ4v) is 2.10. The first-order valence-corrected chi connectivity index (χ1v) is 6.04. The minimum absolute atomic E-state index is 0.137. The third-order valence-corrected chi connectivity index (χ3v) is 3.15. The lowest BCUT2D eigenvalue weighted by Gasteiger charge is -2.16. The molecule has 92 valence electrons. The van der Waals surface area contributed by atoms with Gasteiger partial charge in [-0.2, -0.15) is 0 Å². The quantitative estimate of drug-likeness (QED) is 0.759. The Morgan fingerprint density at radius 1 is 1.29 bits per heavy atom. The van der Waals surface area contributed by atoms with Gasteiger partial charge in [-0.15, -0.1) is 0 Å². The second-order valence-corrected chi connectivity index (χ2v) is 4.65. The Morgan fingerprint density at radius 2 is 2.00 bits per heavy atom. The first-order valence-electron chi connectivity index (χ1n) is 5.66. The van der Waals surface area contributed by atoms with Crippen LogP contribution in [0.25, 0.3) is 0 Å². The fraction of sp³-hybridized carbons (Fsp3) is 0.417. The lowest BCUT2D eigenvalue weighted by Crippen LogP contribution is -2.42. The van der Waals surface area contributed by atoms with Gasteiger partial charge in [-0.3, -0.25) is 0 Å². The third-order valence-electron chi connectivity index (χ3n) is 2.90. The predicted octanol–water partition coefficient (Wildman–Crippen LogP) is 2.37. The highest BCUT2D eigenvalue weighted by molar-refractivity contribution is 6.30. The lowest BCUT2D eigenvalue weighted by molar-refractivity contribution is 0.151. The zero-order chi connectivity index (χ0) is 12.3. The van der Waals surface area contributed by atoms with E-state index in [-0.39, 0.29) is 12.1 Å². The first kappa shape index (κ1) is 12.2. The number of aliphatic hydroxyl groups excluding tert-OH is 1. The van der Waals surface area contributed by atoms with E-state index >= 15 is 0 Å². The molecule has 1 aliphatic carbocycles. The average molecular weight is 255 g/mol. The number of carbonyl (C=O) groups is 1. The summed E-state index contributed by atoms with van der Waals surface area (Å²) in [7, 11) is 0. The smallest absolute Gasteiger partial charge is 0.319 e. The average Bonchev–Trinajstić information content (AvgIpc) is 2.68. The molecular weight excluding hydrogens is 240 g/mol. The van der Waals surface area contributed by atoms with E-state index in [1.807, 2.05) is 0 Å². The topological polar surface area (TPSA) is 61.4 Å². The van der Waals surface area contributed by atoms with Crippen molar-refractivity contribution in [2.45, 2.75) is 31.4 Å². The SMILES string of the molecule is O=C(Nc1ccc(Cl)cc1)N[C@H]1CCC[C@@H]1O. The molecule has 0 radical (unpaired) electrons. The van der Waals surface area contributed by atoms with Crippen LogP contribution in [-0.2, 0) is 0 Å². The molecule has 0 bridgehead atoms. The summed E-state index contributed by atoms with van der Waals surface area (Å²) >= 11 is 5.74. The van der Waals surface area contributed by atoms with Crippen LogP contribution in [-0.4, -0.2) is 23.3 Å². The van der Waals surface area contributed by atoms with Crippen molar-refractivity contribution in [3.8, 4) is 0 Å². The highest BCUT2D eigenvalue weighted by Crippen LogP contribution is 2.19. The number of rotatable bonds is 2. The van der Waals surface area contributed by atoms with Gasteiger partial charge in [0.15, 0.2) is 0 Å². The lowest BCUT2D eigenvalue weighted by atomic mass is 10.2. The van der Waals surface area contributed by atoms with Gasteiger partial charge in [0.05, 0.1) is 12.1 Å². The van der Waals surface area contributed by atoms with E-state index in [4.69, 9.17) is 11.6 Å². The number of anilines is 1. The molecule has 0 saturated heterocycles. The van der Waals surface area contributed by atoms with Gasteiger partial charge in [-0.25, -0.2) is 4.79 Å². The van der Waals surface area contributed by atoms with Crippen LogP contribution in [0.1, 0.15) is 19.3 Å². The Hall–Kier alpha value is -1.26. The number of urea groups is 1. The van der Waals surface area contributed by atoms with Gasteiger partial charge < -0.3 is 15.7 Å². The van der Waals surface area contributed by atoms with Crippen LogP contribution >= 0.6 is 11.6 Å². The molecule has 1 aromatic rings. The maximum absolute atomic E-state index is 11.6.